The molecule has 0 bridgehead atoms. The minimum absolute atomic E-state index is 0.000810. The summed E-state index contributed by atoms with van der Waals surface area (Å²) in [6.07, 6.45) is 1.55. The molecule has 0 spiro atoms. The second-order valence-electron chi connectivity index (χ2n) is 5.37. The highest BCUT2D eigenvalue weighted by atomic mass is 16.3. The summed E-state index contributed by atoms with van der Waals surface area (Å²) in [5.74, 6) is 0.709. The summed E-state index contributed by atoms with van der Waals surface area (Å²) in [5, 5.41) is 9.25. The van der Waals surface area contributed by atoms with Gasteiger partial charge in [-0.15, -0.1) is 0 Å². The molecular weight excluding hydrogens is 252 g/mol. The first-order chi connectivity index (χ1) is 9.47. The molecule has 4 nitrogen and oxygen atoms in total. The predicted molar refractivity (Wildman–Crippen MR) is 81.5 cm³/mol. The van der Waals surface area contributed by atoms with Crippen LogP contribution in [-0.4, -0.2) is 35.0 Å². The van der Waals surface area contributed by atoms with Crippen LogP contribution in [0.4, 0.5) is 0 Å². The third-order valence-corrected chi connectivity index (χ3v) is 3.63. The van der Waals surface area contributed by atoms with E-state index in [1.807, 2.05) is 11.8 Å². The maximum absolute atomic E-state index is 12.3. The van der Waals surface area contributed by atoms with Gasteiger partial charge in [-0.1, -0.05) is 32.4 Å². The summed E-state index contributed by atoms with van der Waals surface area (Å²) in [6.45, 7) is 7.69. The molecule has 1 aromatic carbocycles. The summed E-state index contributed by atoms with van der Waals surface area (Å²) in [4.78, 5) is 14.2. The van der Waals surface area contributed by atoms with Crippen molar-refractivity contribution in [2.75, 3.05) is 13.1 Å². The van der Waals surface area contributed by atoms with Crippen molar-refractivity contribution in [2.45, 2.75) is 39.7 Å². The third-order valence-electron chi connectivity index (χ3n) is 3.63. The van der Waals surface area contributed by atoms with Crippen molar-refractivity contribution in [1.29, 1.82) is 0 Å². The van der Waals surface area contributed by atoms with Crippen LogP contribution < -0.4 is 5.73 Å². The van der Waals surface area contributed by atoms with E-state index in [-0.39, 0.29) is 11.7 Å². The molecule has 20 heavy (non-hydrogen) atoms. The Morgan fingerprint density at radius 1 is 1.30 bits per heavy atom. The topological polar surface area (TPSA) is 66.6 Å². The number of hydrogen-bond donors (Lipinski definition) is 2. The zero-order chi connectivity index (χ0) is 15.1. The third kappa shape index (κ3) is 4.85. The number of benzene rings is 1. The Kier molecular flexibility index (Phi) is 6.52. The van der Waals surface area contributed by atoms with E-state index in [1.54, 1.807) is 24.3 Å². The lowest BCUT2D eigenvalue weighted by molar-refractivity contribution is -0.133. The molecule has 2 atom stereocenters. The fraction of sp³-hybridized carbons (Fsp3) is 0.562. The molecular formula is C16H26N2O2. The molecule has 0 heterocycles. The largest absolute Gasteiger partial charge is 0.508 e. The van der Waals surface area contributed by atoms with E-state index < -0.39 is 6.04 Å². The highest BCUT2D eigenvalue weighted by molar-refractivity contribution is 5.82. The Morgan fingerprint density at radius 2 is 1.90 bits per heavy atom. The molecule has 0 aliphatic rings. The standard InChI is InChI=1S/C16H26N2O2/c1-4-12(3)11-18(5-2)16(20)15(17)10-13-6-8-14(19)9-7-13/h6-9,12,15,19H,4-5,10-11,17H2,1-3H3/t12?,15-/m0/s1. The fourth-order valence-electron chi connectivity index (χ4n) is 2.09. The predicted octanol–water partition coefficient (Wildman–Crippen LogP) is 2.16. The Labute approximate surface area is 121 Å². The van der Waals surface area contributed by atoms with Crippen molar-refractivity contribution in [3.05, 3.63) is 29.8 Å². The van der Waals surface area contributed by atoms with Gasteiger partial charge in [0.2, 0.25) is 5.91 Å². The van der Waals surface area contributed by atoms with Gasteiger partial charge in [0.1, 0.15) is 5.75 Å². The number of likely N-dealkylation sites (N-methyl/N-ethyl adjacent to an activating group) is 1. The van der Waals surface area contributed by atoms with Gasteiger partial charge in [-0.25, -0.2) is 0 Å². The minimum Gasteiger partial charge on any atom is -0.508 e. The van der Waals surface area contributed by atoms with Crippen LogP contribution >= 0.6 is 0 Å². The van der Waals surface area contributed by atoms with Crippen molar-refractivity contribution >= 4 is 5.91 Å². The van der Waals surface area contributed by atoms with Gasteiger partial charge < -0.3 is 15.7 Å². The zero-order valence-electron chi connectivity index (χ0n) is 12.7. The molecule has 0 radical (unpaired) electrons. The van der Waals surface area contributed by atoms with Crippen LogP contribution in [0.25, 0.3) is 0 Å². The van der Waals surface area contributed by atoms with Gasteiger partial charge in [0.25, 0.3) is 0 Å². The lowest BCUT2D eigenvalue weighted by atomic mass is 10.0. The number of phenolic OH excluding ortho intramolecular Hbond substituents is 1. The van der Waals surface area contributed by atoms with Crippen molar-refractivity contribution in [3.63, 3.8) is 0 Å². The Hall–Kier alpha value is -1.55. The highest BCUT2D eigenvalue weighted by Gasteiger charge is 2.21. The summed E-state index contributed by atoms with van der Waals surface area (Å²) >= 11 is 0. The molecule has 112 valence electrons. The van der Waals surface area contributed by atoms with Crippen molar-refractivity contribution in [2.24, 2.45) is 11.7 Å². The van der Waals surface area contributed by atoms with Crippen LogP contribution in [0, 0.1) is 5.92 Å². The van der Waals surface area contributed by atoms with Gasteiger partial charge in [-0.2, -0.15) is 0 Å². The maximum atomic E-state index is 12.3. The summed E-state index contributed by atoms with van der Waals surface area (Å²) < 4.78 is 0. The SMILES string of the molecule is CCC(C)CN(CC)C(=O)[C@@H](N)Cc1ccc(O)cc1. The first kappa shape index (κ1) is 16.5. The fourth-order valence-corrected chi connectivity index (χ4v) is 2.09. The molecule has 0 saturated carbocycles. The number of amides is 1. The number of carbonyl (C=O) groups excluding carboxylic acids is 1. The van der Waals surface area contributed by atoms with Crippen LogP contribution in [0.2, 0.25) is 0 Å². The lowest BCUT2D eigenvalue weighted by Crippen LogP contribution is -2.46. The average Bonchev–Trinajstić information content (AvgIpc) is 2.46. The van der Waals surface area contributed by atoms with E-state index in [2.05, 4.69) is 13.8 Å². The molecule has 1 rings (SSSR count). The van der Waals surface area contributed by atoms with Crippen molar-refractivity contribution in [3.8, 4) is 5.75 Å². The van der Waals surface area contributed by atoms with E-state index >= 15 is 0 Å². The Balaban J connectivity index is 2.62. The van der Waals surface area contributed by atoms with Gasteiger partial charge in [0.05, 0.1) is 6.04 Å². The van der Waals surface area contributed by atoms with Gasteiger partial charge in [-0.3, -0.25) is 4.79 Å². The monoisotopic (exact) mass is 278 g/mol. The second-order valence-corrected chi connectivity index (χ2v) is 5.37. The Morgan fingerprint density at radius 3 is 2.40 bits per heavy atom. The molecule has 4 heteroatoms. The number of aromatic hydroxyl groups is 1. The van der Waals surface area contributed by atoms with Crippen LogP contribution in [0.15, 0.2) is 24.3 Å². The number of hydrogen-bond acceptors (Lipinski definition) is 3. The first-order valence-corrected chi connectivity index (χ1v) is 7.30. The number of nitrogens with zero attached hydrogens (tertiary/aromatic N) is 1. The molecule has 0 fully saturated rings. The average molecular weight is 278 g/mol. The summed E-state index contributed by atoms with van der Waals surface area (Å²) in [7, 11) is 0. The van der Waals surface area contributed by atoms with Crippen LogP contribution in [-0.2, 0) is 11.2 Å². The van der Waals surface area contributed by atoms with Gasteiger partial charge in [-0.05, 0) is 37.0 Å². The number of carbonyl (C=O) groups is 1. The number of phenols is 1. The maximum Gasteiger partial charge on any atom is 0.239 e. The first-order valence-electron chi connectivity index (χ1n) is 7.30. The molecule has 1 unspecified atom stereocenters. The van der Waals surface area contributed by atoms with E-state index in [0.717, 1.165) is 18.5 Å². The zero-order valence-corrected chi connectivity index (χ0v) is 12.7. The highest BCUT2D eigenvalue weighted by Crippen LogP contribution is 2.12. The molecule has 0 aliphatic heterocycles. The summed E-state index contributed by atoms with van der Waals surface area (Å²) in [6, 6.07) is 6.30. The smallest absolute Gasteiger partial charge is 0.239 e. The number of nitrogens with two attached hydrogens (primary N) is 1. The molecule has 0 saturated heterocycles. The lowest BCUT2D eigenvalue weighted by Gasteiger charge is -2.27. The van der Waals surface area contributed by atoms with E-state index in [9.17, 15) is 9.90 Å². The van der Waals surface area contributed by atoms with Crippen molar-refractivity contribution in [1.82, 2.24) is 4.90 Å². The molecule has 1 aromatic rings. The minimum atomic E-state index is -0.524. The van der Waals surface area contributed by atoms with Gasteiger partial charge in [0, 0.05) is 13.1 Å². The van der Waals surface area contributed by atoms with Crippen molar-refractivity contribution < 1.29 is 9.90 Å². The molecule has 0 aliphatic carbocycles. The summed E-state index contributed by atoms with van der Waals surface area (Å²) in [5.41, 5.74) is 6.99. The van der Waals surface area contributed by atoms with Crippen LogP contribution in [0.3, 0.4) is 0 Å². The molecule has 3 N–H and O–H groups in total. The quantitative estimate of drug-likeness (QED) is 0.803. The Bertz CT molecular complexity index is 417. The van der Waals surface area contributed by atoms with Crippen LogP contribution in [0.5, 0.6) is 5.75 Å². The van der Waals surface area contributed by atoms with E-state index in [0.29, 0.717) is 18.9 Å². The molecule has 0 aromatic heterocycles. The number of rotatable bonds is 7. The van der Waals surface area contributed by atoms with Gasteiger partial charge in [0.15, 0.2) is 0 Å². The van der Waals surface area contributed by atoms with E-state index in [4.69, 9.17) is 5.73 Å². The molecule has 1 amide bonds. The second kappa shape index (κ2) is 7.90. The normalized spacial score (nSPS) is 13.8. The van der Waals surface area contributed by atoms with E-state index in [1.165, 1.54) is 0 Å². The van der Waals surface area contributed by atoms with Crippen LogP contribution in [0.1, 0.15) is 32.8 Å². The van der Waals surface area contributed by atoms with Gasteiger partial charge >= 0.3 is 0 Å².